The van der Waals surface area contributed by atoms with Crippen molar-refractivity contribution in [2.24, 2.45) is 0 Å². The Kier molecular flexibility index (Phi) is 3.94. The molecule has 0 N–H and O–H groups in total. The molecule has 2 aromatic rings. The highest BCUT2D eigenvalue weighted by Gasteiger charge is 2.24. The van der Waals surface area contributed by atoms with E-state index in [0.717, 1.165) is 6.07 Å². The monoisotopic (exact) mass is 319 g/mol. The van der Waals surface area contributed by atoms with E-state index in [9.17, 15) is 14.5 Å². The largest absolute Gasteiger partial charge is 0.280 e. The van der Waals surface area contributed by atoms with Gasteiger partial charge in [-0.15, -0.1) is 0 Å². The Morgan fingerprint density at radius 1 is 1.05 bits per heavy atom. The lowest BCUT2D eigenvalue weighted by Gasteiger charge is -2.09. The molecule has 0 unspecified atom stereocenters. The van der Waals surface area contributed by atoms with Crippen LogP contribution in [0.5, 0.6) is 0 Å². The highest BCUT2D eigenvalue weighted by atomic mass is 35.5. The quantitative estimate of drug-likeness (QED) is 0.552. The average Bonchev–Trinajstić information content (AvgIpc) is 2.29. The molecule has 98 valence electrons. The van der Waals surface area contributed by atoms with E-state index in [-0.39, 0.29) is 26.2 Å². The number of rotatable bonds is 2. The topological polar surface area (TPSA) is 43.1 Å². The molecule has 0 atom stereocenters. The van der Waals surface area contributed by atoms with Crippen molar-refractivity contribution in [3.63, 3.8) is 0 Å². The van der Waals surface area contributed by atoms with Crippen molar-refractivity contribution in [1.29, 1.82) is 0 Å². The van der Waals surface area contributed by atoms with Crippen LogP contribution in [-0.4, -0.2) is 4.92 Å². The summed E-state index contributed by atoms with van der Waals surface area (Å²) in [7, 11) is 0. The summed E-state index contributed by atoms with van der Waals surface area (Å²) in [5, 5.41) is 11.3. The standard InChI is InChI=1S/C12H5Cl3FNO2/c13-6-4-7(14)11(8(15)5-6)12-9(16)2-1-3-10(12)17(18)19/h1-5H. The van der Waals surface area contributed by atoms with Crippen LogP contribution in [0.15, 0.2) is 30.3 Å². The van der Waals surface area contributed by atoms with Gasteiger partial charge >= 0.3 is 0 Å². The number of benzene rings is 2. The normalized spacial score (nSPS) is 10.5. The molecule has 0 aliphatic heterocycles. The van der Waals surface area contributed by atoms with Crippen LogP contribution in [0.25, 0.3) is 11.1 Å². The lowest BCUT2D eigenvalue weighted by atomic mass is 10.0. The molecule has 0 saturated carbocycles. The molecule has 0 heterocycles. The van der Waals surface area contributed by atoms with E-state index in [1.54, 1.807) is 0 Å². The fourth-order valence-corrected chi connectivity index (χ4v) is 2.70. The van der Waals surface area contributed by atoms with E-state index in [2.05, 4.69) is 0 Å². The Morgan fingerprint density at radius 2 is 1.63 bits per heavy atom. The molecule has 0 aromatic heterocycles. The fraction of sp³-hybridized carbons (Fsp3) is 0. The molecule has 0 fully saturated rings. The highest BCUT2D eigenvalue weighted by molar-refractivity contribution is 6.42. The second kappa shape index (κ2) is 5.33. The van der Waals surface area contributed by atoms with Crippen molar-refractivity contribution in [2.75, 3.05) is 0 Å². The van der Waals surface area contributed by atoms with Crippen LogP contribution >= 0.6 is 34.8 Å². The van der Waals surface area contributed by atoms with E-state index in [0.29, 0.717) is 0 Å². The SMILES string of the molecule is O=[N+]([O-])c1cccc(F)c1-c1c(Cl)cc(Cl)cc1Cl. The first-order valence-corrected chi connectivity index (χ1v) is 6.13. The van der Waals surface area contributed by atoms with Gasteiger partial charge in [-0.25, -0.2) is 4.39 Å². The minimum atomic E-state index is -0.777. The molecule has 2 rings (SSSR count). The second-order valence-electron chi connectivity index (χ2n) is 3.64. The summed E-state index contributed by atoms with van der Waals surface area (Å²) in [6, 6.07) is 6.22. The van der Waals surface area contributed by atoms with Crippen LogP contribution in [0.3, 0.4) is 0 Å². The summed E-state index contributed by atoms with van der Waals surface area (Å²) in [6.07, 6.45) is 0. The van der Waals surface area contributed by atoms with Gasteiger partial charge in [-0.1, -0.05) is 40.9 Å². The Balaban J connectivity index is 2.83. The fourth-order valence-electron chi connectivity index (χ4n) is 1.69. The number of nitro groups is 1. The number of hydrogen-bond acceptors (Lipinski definition) is 2. The van der Waals surface area contributed by atoms with Crippen molar-refractivity contribution in [3.8, 4) is 11.1 Å². The van der Waals surface area contributed by atoms with Gasteiger partial charge in [0.05, 0.1) is 20.5 Å². The van der Waals surface area contributed by atoms with Crippen LogP contribution in [-0.2, 0) is 0 Å². The van der Waals surface area contributed by atoms with Crippen LogP contribution in [0.1, 0.15) is 0 Å². The molecule has 0 radical (unpaired) electrons. The number of halogens is 4. The molecule has 0 aliphatic carbocycles. The summed E-state index contributed by atoms with van der Waals surface area (Å²) >= 11 is 17.7. The molecular formula is C12H5Cl3FNO2. The zero-order valence-corrected chi connectivity index (χ0v) is 11.4. The van der Waals surface area contributed by atoms with Gasteiger partial charge in [0, 0.05) is 16.7 Å². The molecule has 19 heavy (non-hydrogen) atoms. The molecule has 3 nitrogen and oxygen atoms in total. The Bertz CT molecular complexity index is 653. The first kappa shape index (κ1) is 14.1. The Hall–Kier alpha value is -1.36. The molecule has 0 spiro atoms. The van der Waals surface area contributed by atoms with Crippen LogP contribution in [0.4, 0.5) is 10.1 Å². The third-order valence-corrected chi connectivity index (χ3v) is 3.26. The maximum Gasteiger partial charge on any atom is 0.280 e. The summed E-state index contributed by atoms with van der Waals surface area (Å²) in [5.41, 5.74) is -0.608. The molecule has 0 aliphatic rings. The van der Waals surface area contributed by atoms with Gasteiger partial charge in [-0.05, 0) is 18.2 Å². The first-order chi connectivity index (χ1) is 8.91. The maximum atomic E-state index is 13.9. The smallest absolute Gasteiger partial charge is 0.258 e. The van der Waals surface area contributed by atoms with Gasteiger partial charge in [-0.2, -0.15) is 0 Å². The van der Waals surface area contributed by atoms with Gasteiger partial charge in [0.1, 0.15) is 5.82 Å². The number of hydrogen-bond donors (Lipinski definition) is 0. The van der Waals surface area contributed by atoms with Gasteiger partial charge < -0.3 is 0 Å². The number of nitro benzene ring substituents is 1. The van der Waals surface area contributed by atoms with E-state index < -0.39 is 16.4 Å². The van der Waals surface area contributed by atoms with Crippen LogP contribution in [0.2, 0.25) is 15.1 Å². The molecule has 0 saturated heterocycles. The van der Waals surface area contributed by atoms with Crippen molar-refractivity contribution in [2.45, 2.75) is 0 Å². The van der Waals surface area contributed by atoms with Crippen molar-refractivity contribution in [3.05, 3.63) is 61.3 Å². The van der Waals surface area contributed by atoms with E-state index in [1.807, 2.05) is 0 Å². The van der Waals surface area contributed by atoms with E-state index in [1.165, 1.54) is 24.3 Å². The third kappa shape index (κ3) is 2.66. The Morgan fingerprint density at radius 3 is 2.16 bits per heavy atom. The Labute approximate surface area is 122 Å². The molecule has 0 amide bonds. The summed E-state index contributed by atoms with van der Waals surface area (Å²) in [5.74, 6) is -0.777. The zero-order chi connectivity index (χ0) is 14.2. The summed E-state index contributed by atoms with van der Waals surface area (Å²) < 4.78 is 13.9. The highest BCUT2D eigenvalue weighted by Crippen LogP contribution is 2.42. The molecular weight excluding hydrogens is 315 g/mol. The minimum absolute atomic E-state index is 0.0469. The average molecular weight is 321 g/mol. The summed E-state index contributed by atoms with van der Waals surface area (Å²) in [4.78, 5) is 10.3. The van der Waals surface area contributed by atoms with Gasteiger partial charge in [0.25, 0.3) is 5.69 Å². The van der Waals surface area contributed by atoms with Gasteiger partial charge in [0.2, 0.25) is 0 Å². The predicted octanol–water partition coefficient (Wildman–Crippen LogP) is 5.36. The van der Waals surface area contributed by atoms with Crippen molar-refractivity contribution >= 4 is 40.5 Å². The second-order valence-corrected chi connectivity index (χ2v) is 4.89. The van der Waals surface area contributed by atoms with E-state index in [4.69, 9.17) is 34.8 Å². The minimum Gasteiger partial charge on any atom is -0.258 e. The lowest BCUT2D eigenvalue weighted by Crippen LogP contribution is -1.96. The predicted molar refractivity (Wildman–Crippen MR) is 73.5 cm³/mol. The van der Waals surface area contributed by atoms with Crippen LogP contribution in [0, 0.1) is 15.9 Å². The number of nitrogens with zero attached hydrogens (tertiary/aromatic N) is 1. The summed E-state index contributed by atoms with van der Waals surface area (Å²) in [6.45, 7) is 0. The lowest BCUT2D eigenvalue weighted by molar-refractivity contribution is -0.384. The van der Waals surface area contributed by atoms with Gasteiger partial charge in [-0.3, -0.25) is 10.1 Å². The molecule has 2 aromatic carbocycles. The van der Waals surface area contributed by atoms with Crippen LogP contribution < -0.4 is 0 Å². The van der Waals surface area contributed by atoms with Crippen molar-refractivity contribution < 1.29 is 9.31 Å². The van der Waals surface area contributed by atoms with E-state index >= 15 is 0 Å². The molecule has 0 bridgehead atoms. The third-order valence-electron chi connectivity index (χ3n) is 2.45. The molecule has 7 heteroatoms. The first-order valence-electron chi connectivity index (χ1n) is 4.99. The van der Waals surface area contributed by atoms with Crippen molar-refractivity contribution in [1.82, 2.24) is 0 Å². The maximum absolute atomic E-state index is 13.9. The zero-order valence-electron chi connectivity index (χ0n) is 9.16. The van der Waals surface area contributed by atoms with Gasteiger partial charge in [0.15, 0.2) is 0 Å².